The minimum Gasteiger partial charge on any atom is -0.493 e. The fourth-order valence-corrected chi connectivity index (χ4v) is 3.82. The average Bonchev–Trinajstić information content (AvgIpc) is 3.11. The zero-order valence-corrected chi connectivity index (χ0v) is 17.8. The van der Waals surface area contributed by atoms with Crippen LogP contribution in [-0.2, 0) is 17.8 Å². The molecular weight excluding hydrogens is 382 g/mol. The Kier molecular flexibility index (Phi) is 5.87. The van der Waals surface area contributed by atoms with Crippen LogP contribution in [0.4, 0.5) is 0 Å². The smallest absolute Gasteiger partial charge is 0.243 e. The van der Waals surface area contributed by atoms with Crippen molar-refractivity contribution in [1.82, 2.24) is 30.3 Å². The molecule has 30 heavy (non-hydrogen) atoms. The summed E-state index contributed by atoms with van der Waals surface area (Å²) in [7, 11) is 3.48. The van der Waals surface area contributed by atoms with Crippen LogP contribution < -0.4 is 15.4 Å². The molecule has 2 unspecified atom stereocenters. The van der Waals surface area contributed by atoms with Gasteiger partial charge < -0.3 is 20.3 Å². The quantitative estimate of drug-likeness (QED) is 0.577. The fraction of sp³-hybridized carbons (Fsp3) is 0.524. The molecule has 1 aromatic heterocycles. The number of nitrogens with zero attached hydrogens (tertiary/aromatic N) is 5. The molecule has 9 nitrogen and oxygen atoms in total. The maximum absolute atomic E-state index is 12.1. The number of rotatable bonds is 4. The van der Waals surface area contributed by atoms with Gasteiger partial charge in [0.2, 0.25) is 5.91 Å². The number of aryl methyl sites for hydroxylation is 2. The number of fused-ring (bicyclic) bond motifs is 2. The number of aromatic nitrogens is 3. The van der Waals surface area contributed by atoms with E-state index in [0.717, 1.165) is 48.8 Å². The number of guanidine groups is 1. The number of amides is 1. The molecule has 9 heteroatoms. The summed E-state index contributed by atoms with van der Waals surface area (Å²) in [6, 6.07) is 8.28. The second-order valence-corrected chi connectivity index (χ2v) is 7.96. The van der Waals surface area contributed by atoms with Crippen LogP contribution in [0.2, 0.25) is 0 Å². The zero-order valence-electron chi connectivity index (χ0n) is 17.8. The van der Waals surface area contributed by atoms with Gasteiger partial charge in [0, 0.05) is 38.5 Å². The Morgan fingerprint density at radius 2 is 2.13 bits per heavy atom. The van der Waals surface area contributed by atoms with Crippen LogP contribution in [0.1, 0.15) is 36.1 Å². The summed E-state index contributed by atoms with van der Waals surface area (Å²) in [6.45, 7) is 3.37. The summed E-state index contributed by atoms with van der Waals surface area (Å²) < 4.78 is 7.74. The van der Waals surface area contributed by atoms with Crippen molar-refractivity contribution in [2.75, 3.05) is 27.2 Å². The van der Waals surface area contributed by atoms with Crippen molar-refractivity contribution in [3.05, 3.63) is 41.5 Å². The number of para-hydroxylation sites is 1. The van der Waals surface area contributed by atoms with Gasteiger partial charge in [0.15, 0.2) is 5.96 Å². The van der Waals surface area contributed by atoms with E-state index in [2.05, 4.69) is 31.8 Å². The van der Waals surface area contributed by atoms with E-state index in [1.54, 1.807) is 19.0 Å². The van der Waals surface area contributed by atoms with Gasteiger partial charge in [0.25, 0.3) is 0 Å². The molecule has 0 bridgehead atoms. The third-order valence-corrected chi connectivity index (χ3v) is 5.45. The molecule has 0 radical (unpaired) electrons. The van der Waals surface area contributed by atoms with Crippen LogP contribution in [0.5, 0.6) is 5.75 Å². The predicted octanol–water partition coefficient (Wildman–Crippen LogP) is 1.05. The number of benzene rings is 1. The van der Waals surface area contributed by atoms with E-state index in [0.29, 0.717) is 12.6 Å². The first kappa shape index (κ1) is 20.2. The molecule has 160 valence electrons. The van der Waals surface area contributed by atoms with E-state index in [1.165, 1.54) is 0 Å². The van der Waals surface area contributed by atoms with E-state index >= 15 is 0 Å². The molecule has 0 spiro atoms. The Morgan fingerprint density at radius 3 is 2.97 bits per heavy atom. The van der Waals surface area contributed by atoms with Gasteiger partial charge in [-0.25, -0.2) is 14.7 Å². The van der Waals surface area contributed by atoms with Gasteiger partial charge >= 0.3 is 0 Å². The Balaban J connectivity index is 1.50. The number of carbonyl (C=O) groups excluding carboxylic acids is 1. The lowest BCUT2D eigenvalue weighted by atomic mass is 10.0. The molecule has 1 aromatic carbocycles. The Hall–Kier alpha value is -3.10. The molecule has 2 aliphatic rings. The standard InChI is InChI=1S/C21H29N7O2/c1-14-23-19-9-8-15(13-28(19)26-14)24-21(22-12-20(29)27(2)3)25-17-10-11-30-18-7-5-4-6-16(17)18/h4-7,15,17H,8-13H2,1-3H3,(H2,22,24,25). The predicted molar refractivity (Wildman–Crippen MR) is 113 cm³/mol. The summed E-state index contributed by atoms with van der Waals surface area (Å²) in [4.78, 5) is 22.7. The molecule has 3 heterocycles. The van der Waals surface area contributed by atoms with Crippen LogP contribution in [-0.4, -0.2) is 64.8 Å². The maximum Gasteiger partial charge on any atom is 0.243 e. The van der Waals surface area contributed by atoms with Crippen molar-refractivity contribution in [2.45, 2.75) is 44.8 Å². The van der Waals surface area contributed by atoms with E-state index in [9.17, 15) is 4.79 Å². The highest BCUT2D eigenvalue weighted by atomic mass is 16.5. The van der Waals surface area contributed by atoms with Gasteiger partial charge in [0.05, 0.1) is 19.2 Å². The van der Waals surface area contributed by atoms with Crippen LogP contribution in [0.15, 0.2) is 29.3 Å². The SMILES string of the molecule is Cc1nc2n(n1)CC(NC(=NCC(=O)N(C)C)NC1CCOc3ccccc31)CC2. The highest BCUT2D eigenvalue weighted by Gasteiger charge is 2.25. The Labute approximate surface area is 176 Å². The fourth-order valence-electron chi connectivity index (χ4n) is 3.82. The van der Waals surface area contributed by atoms with Crippen LogP contribution in [0.25, 0.3) is 0 Å². The minimum absolute atomic E-state index is 0.0405. The number of hydrogen-bond donors (Lipinski definition) is 2. The van der Waals surface area contributed by atoms with Crippen molar-refractivity contribution < 1.29 is 9.53 Å². The molecule has 2 N–H and O–H groups in total. The van der Waals surface area contributed by atoms with Gasteiger partial charge in [-0.1, -0.05) is 18.2 Å². The van der Waals surface area contributed by atoms with Crippen molar-refractivity contribution in [3.8, 4) is 5.75 Å². The van der Waals surface area contributed by atoms with Crippen LogP contribution in [0.3, 0.4) is 0 Å². The van der Waals surface area contributed by atoms with Crippen molar-refractivity contribution in [1.29, 1.82) is 0 Å². The molecule has 0 aliphatic carbocycles. The minimum atomic E-state index is -0.0405. The molecule has 0 saturated carbocycles. The third kappa shape index (κ3) is 4.55. The second-order valence-electron chi connectivity index (χ2n) is 7.96. The van der Waals surface area contributed by atoms with Gasteiger partial charge in [-0.3, -0.25) is 4.79 Å². The van der Waals surface area contributed by atoms with Gasteiger partial charge in [-0.15, -0.1) is 0 Å². The molecule has 0 fully saturated rings. The number of hydrogen-bond acceptors (Lipinski definition) is 5. The lowest BCUT2D eigenvalue weighted by molar-refractivity contribution is -0.127. The average molecular weight is 412 g/mol. The first-order chi connectivity index (χ1) is 14.5. The van der Waals surface area contributed by atoms with Gasteiger partial charge in [-0.05, 0) is 19.4 Å². The molecule has 0 saturated heterocycles. The van der Waals surface area contributed by atoms with Crippen LogP contribution >= 0.6 is 0 Å². The molecule has 2 atom stereocenters. The highest BCUT2D eigenvalue weighted by molar-refractivity contribution is 5.85. The van der Waals surface area contributed by atoms with Crippen LogP contribution in [0, 0.1) is 6.92 Å². The number of ether oxygens (including phenoxy) is 1. The lowest BCUT2D eigenvalue weighted by Crippen LogP contribution is -2.49. The van der Waals surface area contributed by atoms with Crippen molar-refractivity contribution in [2.24, 2.45) is 4.99 Å². The summed E-state index contributed by atoms with van der Waals surface area (Å²) in [5.74, 6) is 3.31. The Bertz CT molecular complexity index is 937. The van der Waals surface area contributed by atoms with E-state index in [4.69, 9.17) is 4.74 Å². The maximum atomic E-state index is 12.1. The lowest BCUT2D eigenvalue weighted by Gasteiger charge is -2.30. The normalized spacial score (nSPS) is 20.6. The monoisotopic (exact) mass is 411 g/mol. The third-order valence-electron chi connectivity index (χ3n) is 5.45. The zero-order chi connectivity index (χ0) is 21.1. The number of aliphatic imine (C=N–C) groups is 1. The summed E-state index contributed by atoms with van der Waals surface area (Å²) in [5.41, 5.74) is 1.11. The molecular formula is C21H29N7O2. The van der Waals surface area contributed by atoms with Crippen molar-refractivity contribution in [3.63, 3.8) is 0 Å². The molecule has 2 aliphatic heterocycles. The number of nitrogens with one attached hydrogen (secondary N) is 2. The first-order valence-electron chi connectivity index (χ1n) is 10.4. The topological polar surface area (TPSA) is 96.7 Å². The second kappa shape index (κ2) is 8.73. The molecule has 4 rings (SSSR count). The van der Waals surface area contributed by atoms with E-state index < -0.39 is 0 Å². The first-order valence-corrected chi connectivity index (χ1v) is 10.4. The van der Waals surface area contributed by atoms with Gasteiger partial charge in [0.1, 0.15) is 23.9 Å². The van der Waals surface area contributed by atoms with Gasteiger partial charge in [-0.2, -0.15) is 5.10 Å². The largest absolute Gasteiger partial charge is 0.493 e. The number of carbonyl (C=O) groups is 1. The van der Waals surface area contributed by atoms with Crippen molar-refractivity contribution >= 4 is 11.9 Å². The van der Waals surface area contributed by atoms with E-state index in [1.807, 2.05) is 29.8 Å². The summed E-state index contributed by atoms with van der Waals surface area (Å²) in [6.07, 6.45) is 2.63. The summed E-state index contributed by atoms with van der Waals surface area (Å²) >= 11 is 0. The van der Waals surface area contributed by atoms with E-state index in [-0.39, 0.29) is 24.5 Å². The highest BCUT2D eigenvalue weighted by Crippen LogP contribution is 2.31. The molecule has 1 amide bonds. The summed E-state index contributed by atoms with van der Waals surface area (Å²) in [5, 5.41) is 11.5. The molecule has 2 aromatic rings. The Morgan fingerprint density at radius 1 is 1.30 bits per heavy atom. The number of likely N-dealkylation sites (N-methyl/N-ethyl adjacent to an activating group) is 1.